The molecule has 0 bridgehead atoms. The topological polar surface area (TPSA) is 92.0 Å². The number of carbonyl (C=O) groups is 1. The van der Waals surface area contributed by atoms with Crippen LogP contribution >= 0.6 is 0 Å². The van der Waals surface area contributed by atoms with Gasteiger partial charge in [-0.3, -0.25) is 4.79 Å². The highest BCUT2D eigenvalue weighted by Gasteiger charge is 2.35. The summed E-state index contributed by atoms with van der Waals surface area (Å²) in [6.07, 6.45) is 2.44. The zero-order valence-corrected chi connectivity index (χ0v) is 10.0. The minimum absolute atomic E-state index is 0.144. The number of halogens is 1. The highest BCUT2D eigenvalue weighted by Crippen LogP contribution is 2.17. The Morgan fingerprint density at radius 2 is 2.41 bits per heavy atom. The summed E-state index contributed by atoms with van der Waals surface area (Å²) < 4.78 is 12.7. The Balaban J connectivity index is 2.81. The zero-order valence-electron chi connectivity index (χ0n) is 10.0. The first kappa shape index (κ1) is 13.6. The van der Waals surface area contributed by atoms with E-state index in [9.17, 15) is 9.18 Å². The molecule has 96 valence electrons. The number of nitrogens with two attached hydrogens (primary N) is 1. The number of hydrogen-bond acceptors (Lipinski definition) is 3. The lowest BCUT2D eigenvalue weighted by Crippen LogP contribution is -2.52. The second-order valence-electron chi connectivity index (χ2n) is 4.37. The first-order valence-electron chi connectivity index (χ1n) is 5.55. The van der Waals surface area contributed by atoms with Gasteiger partial charge in [-0.05, 0) is 12.3 Å². The van der Waals surface area contributed by atoms with E-state index in [2.05, 4.69) is 9.97 Å². The van der Waals surface area contributed by atoms with Crippen LogP contribution in [0.25, 0.3) is 0 Å². The molecule has 0 aliphatic heterocycles. The van der Waals surface area contributed by atoms with Crippen molar-refractivity contribution in [2.24, 2.45) is 5.73 Å². The van der Waals surface area contributed by atoms with Gasteiger partial charge in [0, 0.05) is 18.3 Å². The molecular weight excluding hydrogens is 225 g/mol. The molecule has 6 heteroatoms. The molecule has 0 fully saturated rings. The number of carboxylic acid groups (broad SMARTS) is 1. The van der Waals surface area contributed by atoms with E-state index in [1.165, 1.54) is 0 Å². The first-order valence-corrected chi connectivity index (χ1v) is 5.55. The largest absolute Gasteiger partial charge is 0.480 e. The van der Waals surface area contributed by atoms with Crippen molar-refractivity contribution >= 4 is 5.97 Å². The maximum absolute atomic E-state index is 12.7. The van der Waals surface area contributed by atoms with E-state index in [4.69, 9.17) is 10.8 Å². The maximum Gasteiger partial charge on any atom is 0.326 e. The number of carboxylic acids is 1. The highest BCUT2D eigenvalue weighted by molar-refractivity contribution is 5.79. The second-order valence-corrected chi connectivity index (χ2v) is 4.37. The quantitative estimate of drug-likeness (QED) is 0.700. The lowest BCUT2D eigenvalue weighted by Gasteiger charge is -2.19. The van der Waals surface area contributed by atoms with E-state index >= 15 is 0 Å². The smallest absolute Gasteiger partial charge is 0.326 e. The molecule has 4 N–H and O–H groups in total. The van der Waals surface area contributed by atoms with Crippen LogP contribution in [0, 0.1) is 0 Å². The summed E-state index contributed by atoms with van der Waals surface area (Å²) in [7, 11) is 0. The van der Waals surface area contributed by atoms with E-state index in [1.807, 2.05) is 13.8 Å². The Kier molecular flexibility index (Phi) is 4.22. The van der Waals surface area contributed by atoms with Crippen LogP contribution in [0.3, 0.4) is 0 Å². The summed E-state index contributed by atoms with van der Waals surface area (Å²) in [5, 5.41) is 8.85. The van der Waals surface area contributed by atoms with Gasteiger partial charge in [-0.1, -0.05) is 13.8 Å². The third kappa shape index (κ3) is 3.03. The number of alkyl halides is 1. The van der Waals surface area contributed by atoms with Gasteiger partial charge < -0.3 is 15.8 Å². The van der Waals surface area contributed by atoms with Crippen LogP contribution in [-0.2, 0) is 11.2 Å². The summed E-state index contributed by atoms with van der Waals surface area (Å²) in [6, 6.07) is 0. The van der Waals surface area contributed by atoms with Crippen molar-refractivity contribution in [2.75, 3.05) is 6.67 Å². The molecule has 0 aliphatic carbocycles. The monoisotopic (exact) mass is 243 g/mol. The SMILES string of the molecule is CCC(C)c1cnc(CC(N)(CF)C(=O)O)[nH]1. The number of nitrogens with one attached hydrogen (secondary N) is 1. The molecule has 1 heterocycles. The van der Waals surface area contributed by atoms with Gasteiger partial charge >= 0.3 is 5.97 Å². The molecule has 2 atom stereocenters. The second kappa shape index (κ2) is 5.27. The fourth-order valence-corrected chi connectivity index (χ4v) is 1.42. The number of rotatable bonds is 6. The average molecular weight is 243 g/mol. The molecule has 5 nitrogen and oxygen atoms in total. The van der Waals surface area contributed by atoms with E-state index in [1.54, 1.807) is 6.20 Å². The molecular formula is C11H18FN3O2. The van der Waals surface area contributed by atoms with Crippen LogP contribution < -0.4 is 5.73 Å². The van der Waals surface area contributed by atoms with Gasteiger partial charge in [0.1, 0.15) is 18.0 Å². The van der Waals surface area contributed by atoms with Gasteiger partial charge in [0.25, 0.3) is 0 Å². The maximum atomic E-state index is 12.7. The molecule has 0 spiro atoms. The van der Waals surface area contributed by atoms with Crippen LogP contribution in [0.2, 0.25) is 0 Å². The van der Waals surface area contributed by atoms with E-state index < -0.39 is 18.2 Å². The Labute approximate surface area is 99.2 Å². The lowest BCUT2D eigenvalue weighted by atomic mass is 9.98. The molecule has 0 aliphatic rings. The standard InChI is InChI=1S/C11H18FN3O2/c1-3-7(2)8-5-14-9(15-8)4-11(13,6-12)10(16)17/h5,7H,3-4,6,13H2,1-2H3,(H,14,15)(H,16,17). The molecule has 1 rings (SSSR count). The third-order valence-electron chi connectivity index (χ3n) is 2.94. The van der Waals surface area contributed by atoms with Crippen molar-refractivity contribution < 1.29 is 14.3 Å². The van der Waals surface area contributed by atoms with Crippen LogP contribution in [0.15, 0.2) is 6.20 Å². The zero-order chi connectivity index (χ0) is 13.1. The van der Waals surface area contributed by atoms with Crippen LogP contribution in [0.1, 0.15) is 37.7 Å². The summed E-state index contributed by atoms with van der Waals surface area (Å²) in [4.78, 5) is 17.9. The fraction of sp³-hybridized carbons (Fsp3) is 0.636. The molecule has 0 saturated carbocycles. The van der Waals surface area contributed by atoms with E-state index in [0.717, 1.165) is 12.1 Å². The summed E-state index contributed by atoms with van der Waals surface area (Å²) in [6.45, 7) is 2.94. The minimum Gasteiger partial charge on any atom is -0.480 e. The number of hydrogen-bond donors (Lipinski definition) is 3. The van der Waals surface area contributed by atoms with Crippen LogP contribution in [0.5, 0.6) is 0 Å². The van der Waals surface area contributed by atoms with Crippen LogP contribution in [-0.4, -0.2) is 33.3 Å². The fourth-order valence-electron chi connectivity index (χ4n) is 1.42. The van der Waals surface area contributed by atoms with Crippen LogP contribution in [0.4, 0.5) is 4.39 Å². The Bertz CT molecular complexity index is 394. The molecule has 0 aromatic carbocycles. The van der Waals surface area contributed by atoms with Crippen molar-refractivity contribution in [1.29, 1.82) is 0 Å². The Hall–Kier alpha value is -1.43. The van der Waals surface area contributed by atoms with Crippen molar-refractivity contribution in [3.63, 3.8) is 0 Å². The number of nitrogens with zero attached hydrogens (tertiary/aromatic N) is 1. The predicted molar refractivity (Wildman–Crippen MR) is 61.5 cm³/mol. The minimum atomic E-state index is -1.90. The average Bonchev–Trinajstić information content (AvgIpc) is 2.75. The number of H-pyrrole nitrogens is 1. The summed E-state index contributed by atoms with van der Waals surface area (Å²) in [5.74, 6) is -0.650. The van der Waals surface area contributed by atoms with Crippen molar-refractivity contribution in [1.82, 2.24) is 9.97 Å². The van der Waals surface area contributed by atoms with Gasteiger partial charge in [-0.25, -0.2) is 9.37 Å². The summed E-state index contributed by atoms with van der Waals surface area (Å²) >= 11 is 0. The molecule has 1 aromatic rings. The van der Waals surface area contributed by atoms with Crippen molar-refractivity contribution in [3.05, 3.63) is 17.7 Å². The summed E-state index contributed by atoms with van der Waals surface area (Å²) in [5.41, 5.74) is 4.47. The molecule has 0 saturated heterocycles. The lowest BCUT2D eigenvalue weighted by molar-refractivity contribution is -0.144. The number of imidazole rings is 1. The number of aromatic nitrogens is 2. The molecule has 2 unspecified atom stereocenters. The normalized spacial score (nSPS) is 16.5. The van der Waals surface area contributed by atoms with Crippen molar-refractivity contribution in [3.8, 4) is 0 Å². The van der Waals surface area contributed by atoms with Gasteiger partial charge in [-0.2, -0.15) is 0 Å². The van der Waals surface area contributed by atoms with E-state index in [0.29, 0.717) is 11.7 Å². The Morgan fingerprint density at radius 3 is 2.88 bits per heavy atom. The molecule has 17 heavy (non-hydrogen) atoms. The Morgan fingerprint density at radius 1 is 1.76 bits per heavy atom. The molecule has 0 amide bonds. The number of aliphatic carboxylic acids is 1. The molecule has 1 aromatic heterocycles. The van der Waals surface area contributed by atoms with Crippen molar-refractivity contribution in [2.45, 2.75) is 38.1 Å². The van der Waals surface area contributed by atoms with Gasteiger partial charge in [0.05, 0.1) is 0 Å². The van der Waals surface area contributed by atoms with Gasteiger partial charge in [0.2, 0.25) is 0 Å². The first-order chi connectivity index (χ1) is 7.92. The molecule has 0 radical (unpaired) electrons. The van der Waals surface area contributed by atoms with Gasteiger partial charge in [-0.15, -0.1) is 0 Å². The third-order valence-corrected chi connectivity index (χ3v) is 2.94. The predicted octanol–water partition coefficient (Wildman–Crippen LogP) is 1.22. The highest BCUT2D eigenvalue weighted by atomic mass is 19.1. The number of aromatic amines is 1. The van der Waals surface area contributed by atoms with Gasteiger partial charge in [0.15, 0.2) is 0 Å². The van der Waals surface area contributed by atoms with E-state index in [-0.39, 0.29) is 6.42 Å².